The highest BCUT2D eigenvalue weighted by molar-refractivity contribution is 6.09. The van der Waals surface area contributed by atoms with Gasteiger partial charge in [0.2, 0.25) is 0 Å². The van der Waals surface area contributed by atoms with Crippen LogP contribution in [0.5, 0.6) is 0 Å². The zero-order chi connectivity index (χ0) is 38.1. The summed E-state index contributed by atoms with van der Waals surface area (Å²) in [4.78, 5) is 2.31. The Morgan fingerprint density at radius 2 is 1.07 bits per heavy atom. The fraction of sp³-hybridized carbons (Fsp3) is 0.0370. The van der Waals surface area contributed by atoms with E-state index in [0.29, 0.717) is 0 Å². The lowest BCUT2D eigenvalue weighted by atomic mass is 9.93. The SMILES string of the molecule is C=C/C=C(\C=C/N(C1=CC=C(c2cccc3c2oc2ccccc23)CC1)c1ccc(-c2ccc(-c3ccccc3)cc2)cc1)c1cccc2c1oc1ccccc12. The van der Waals surface area contributed by atoms with E-state index in [1.807, 2.05) is 30.3 Å². The molecule has 2 heterocycles. The fourth-order valence-electron chi connectivity index (χ4n) is 8.19. The molecule has 0 bridgehead atoms. The van der Waals surface area contributed by atoms with Crippen molar-refractivity contribution in [1.82, 2.24) is 0 Å². The lowest BCUT2D eigenvalue weighted by Gasteiger charge is -2.27. The highest BCUT2D eigenvalue weighted by Crippen LogP contribution is 2.39. The van der Waals surface area contributed by atoms with Gasteiger partial charge in [0.1, 0.15) is 22.3 Å². The topological polar surface area (TPSA) is 29.5 Å². The summed E-state index contributed by atoms with van der Waals surface area (Å²) in [6.07, 6.45) is 14.5. The maximum absolute atomic E-state index is 6.46. The number of rotatable bonds is 9. The van der Waals surface area contributed by atoms with Crippen LogP contribution in [0.1, 0.15) is 24.0 Å². The first kappa shape index (κ1) is 34.2. The van der Waals surface area contributed by atoms with E-state index in [2.05, 4.69) is 182 Å². The summed E-state index contributed by atoms with van der Waals surface area (Å²) >= 11 is 0. The molecule has 0 radical (unpaired) electrons. The standard InChI is InChI=1S/C54H39NO2/c1-2-12-41(45-17-10-19-49-47-15-6-8-21-51(47)56-53(45)49)35-36-55(43-31-27-40(28-32-43)39-25-23-38(24-26-39)37-13-4-3-5-14-37)44-33-29-42(30-34-44)46-18-11-20-50-48-16-7-9-22-52(48)57-54(46)50/h2-29,31-33,35-36H,1,30,34H2/b36-35-,41-12+. The van der Waals surface area contributed by atoms with Crippen LogP contribution in [0.15, 0.2) is 221 Å². The van der Waals surface area contributed by atoms with E-state index < -0.39 is 0 Å². The summed E-state index contributed by atoms with van der Waals surface area (Å²) in [7, 11) is 0. The quantitative estimate of drug-likeness (QED) is 0.138. The molecule has 0 fully saturated rings. The molecular weight excluding hydrogens is 695 g/mol. The second-order valence-corrected chi connectivity index (χ2v) is 14.4. The minimum atomic E-state index is 0.856. The molecule has 2 aromatic heterocycles. The van der Waals surface area contributed by atoms with Crippen molar-refractivity contribution in [3.63, 3.8) is 0 Å². The molecule has 0 aliphatic heterocycles. The van der Waals surface area contributed by atoms with Gasteiger partial charge >= 0.3 is 0 Å². The minimum Gasteiger partial charge on any atom is -0.455 e. The van der Waals surface area contributed by atoms with Crippen molar-refractivity contribution >= 4 is 60.7 Å². The molecule has 7 aromatic carbocycles. The summed E-state index contributed by atoms with van der Waals surface area (Å²) in [6.45, 7) is 4.08. The van der Waals surface area contributed by atoms with Gasteiger partial charge in [-0.3, -0.25) is 0 Å². The van der Waals surface area contributed by atoms with E-state index >= 15 is 0 Å². The molecule has 3 heteroatoms. The molecule has 1 aliphatic carbocycles. The van der Waals surface area contributed by atoms with Crippen molar-refractivity contribution in [1.29, 1.82) is 0 Å². The van der Waals surface area contributed by atoms with E-state index in [9.17, 15) is 0 Å². The maximum atomic E-state index is 6.46. The fourth-order valence-corrected chi connectivity index (χ4v) is 8.19. The van der Waals surface area contributed by atoms with Crippen LogP contribution in [0.25, 0.3) is 77.3 Å². The molecule has 0 spiro atoms. The van der Waals surface area contributed by atoms with Crippen LogP contribution in [0.4, 0.5) is 5.69 Å². The summed E-state index contributed by atoms with van der Waals surface area (Å²) < 4.78 is 12.9. The molecular formula is C54H39NO2. The molecule has 0 amide bonds. The van der Waals surface area contributed by atoms with E-state index in [1.165, 1.54) is 33.5 Å². The average Bonchev–Trinajstić information content (AvgIpc) is 3.86. The van der Waals surface area contributed by atoms with Crippen molar-refractivity contribution in [3.8, 4) is 22.3 Å². The van der Waals surface area contributed by atoms with Crippen LogP contribution in [0.3, 0.4) is 0 Å². The van der Waals surface area contributed by atoms with Crippen LogP contribution in [-0.4, -0.2) is 0 Å². The van der Waals surface area contributed by atoms with E-state index in [-0.39, 0.29) is 0 Å². The van der Waals surface area contributed by atoms with Crippen LogP contribution in [0, 0.1) is 0 Å². The van der Waals surface area contributed by atoms with Gasteiger partial charge in [-0.15, -0.1) is 0 Å². The summed E-state index contributed by atoms with van der Waals surface area (Å²) in [5, 5.41) is 4.51. The average molecular weight is 734 g/mol. The molecule has 272 valence electrons. The molecule has 9 aromatic rings. The number of allylic oxidation sites excluding steroid dienone is 8. The zero-order valence-corrected chi connectivity index (χ0v) is 31.4. The Kier molecular flexibility index (Phi) is 8.81. The summed E-state index contributed by atoms with van der Waals surface area (Å²) in [5.41, 5.74) is 15.1. The molecule has 0 saturated carbocycles. The largest absolute Gasteiger partial charge is 0.455 e. The Hall–Kier alpha value is -7.36. The van der Waals surface area contributed by atoms with Gasteiger partial charge in [-0.1, -0.05) is 164 Å². The maximum Gasteiger partial charge on any atom is 0.143 e. The first-order valence-electron chi connectivity index (χ1n) is 19.5. The molecule has 1 aliphatic rings. The van der Waals surface area contributed by atoms with E-state index in [0.717, 1.165) is 79.1 Å². The predicted octanol–water partition coefficient (Wildman–Crippen LogP) is 15.2. The Bertz CT molecular complexity index is 3060. The second-order valence-electron chi connectivity index (χ2n) is 14.4. The predicted molar refractivity (Wildman–Crippen MR) is 240 cm³/mol. The smallest absolute Gasteiger partial charge is 0.143 e. The number of nitrogens with zero attached hydrogens (tertiary/aromatic N) is 1. The normalized spacial score (nSPS) is 13.4. The van der Waals surface area contributed by atoms with Gasteiger partial charge in [0, 0.05) is 50.3 Å². The lowest BCUT2D eigenvalue weighted by Crippen LogP contribution is -2.17. The number of hydrogen-bond acceptors (Lipinski definition) is 3. The highest BCUT2D eigenvalue weighted by atomic mass is 16.3. The third-order valence-corrected chi connectivity index (χ3v) is 11.1. The first-order valence-corrected chi connectivity index (χ1v) is 19.5. The minimum absolute atomic E-state index is 0.856. The molecule has 57 heavy (non-hydrogen) atoms. The number of anilines is 1. The van der Waals surface area contributed by atoms with Gasteiger partial charge in [-0.05, 0) is 82.7 Å². The van der Waals surface area contributed by atoms with Gasteiger partial charge in [-0.2, -0.15) is 0 Å². The third-order valence-electron chi connectivity index (χ3n) is 11.1. The summed E-state index contributed by atoms with van der Waals surface area (Å²) in [6, 6.07) is 57.5. The molecule has 0 saturated heterocycles. The Morgan fingerprint density at radius 1 is 0.509 bits per heavy atom. The number of benzene rings is 7. The molecule has 0 atom stereocenters. The Labute approximate surface area is 332 Å². The first-order chi connectivity index (χ1) is 28.2. The number of fused-ring (bicyclic) bond motifs is 6. The van der Waals surface area contributed by atoms with Crippen LogP contribution in [-0.2, 0) is 0 Å². The van der Waals surface area contributed by atoms with Gasteiger partial charge in [0.05, 0.1) is 0 Å². The van der Waals surface area contributed by atoms with Crippen molar-refractivity contribution in [3.05, 3.63) is 224 Å². The summed E-state index contributed by atoms with van der Waals surface area (Å²) in [5.74, 6) is 0. The molecule has 10 rings (SSSR count). The van der Waals surface area contributed by atoms with Crippen molar-refractivity contribution in [2.75, 3.05) is 4.90 Å². The van der Waals surface area contributed by atoms with Crippen molar-refractivity contribution in [2.45, 2.75) is 12.8 Å². The van der Waals surface area contributed by atoms with Gasteiger partial charge in [0.15, 0.2) is 0 Å². The van der Waals surface area contributed by atoms with E-state index in [1.54, 1.807) is 0 Å². The number of hydrogen-bond donors (Lipinski definition) is 0. The second kappa shape index (κ2) is 14.7. The third kappa shape index (κ3) is 6.39. The Morgan fingerprint density at radius 3 is 1.72 bits per heavy atom. The Balaban J connectivity index is 1.03. The number of para-hydroxylation sites is 4. The number of furan rings is 2. The molecule has 0 N–H and O–H groups in total. The van der Waals surface area contributed by atoms with Gasteiger partial charge < -0.3 is 13.7 Å². The molecule has 3 nitrogen and oxygen atoms in total. The molecule has 0 unspecified atom stereocenters. The zero-order valence-electron chi connectivity index (χ0n) is 31.4. The highest BCUT2D eigenvalue weighted by Gasteiger charge is 2.19. The monoisotopic (exact) mass is 733 g/mol. The van der Waals surface area contributed by atoms with Crippen LogP contribution >= 0.6 is 0 Å². The van der Waals surface area contributed by atoms with E-state index in [4.69, 9.17) is 8.83 Å². The van der Waals surface area contributed by atoms with Gasteiger partial charge in [0.25, 0.3) is 0 Å². The van der Waals surface area contributed by atoms with Gasteiger partial charge in [-0.25, -0.2) is 0 Å². The van der Waals surface area contributed by atoms with Crippen LogP contribution < -0.4 is 4.90 Å². The van der Waals surface area contributed by atoms with Crippen molar-refractivity contribution in [2.24, 2.45) is 0 Å². The van der Waals surface area contributed by atoms with Crippen molar-refractivity contribution < 1.29 is 8.83 Å². The lowest BCUT2D eigenvalue weighted by molar-refractivity contribution is 0.667. The van der Waals surface area contributed by atoms with Crippen LogP contribution in [0.2, 0.25) is 0 Å².